The van der Waals surface area contributed by atoms with Crippen LogP contribution in [0, 0.1) is 17.6 Å². The fourth-order valence-corrected chi connectivity index (χ4v) is 5.45. The number of likely N-dealkylation sites (tertiary alicyclic amines) is 1. The molecule has 212 valence electrons. The van der Waals surface area contributed by atoms with Crippen molar-refractivity contribution in [3.8, 4) is 0 Å². The van der Waals surface area contributed by atoms with Crippen molar-refractivity contribution in [3.63, 3.8) is 0 Å². The Kier molecular flexibility index (Phi) is 10.4. The van der Waals surface area contributed by atoms with Crippen molar-refractivity contribution in [3.05, 3.63) is 71.3 Å². The molecule has 2 aliphatic heterocycles. The third-order valence-electron chi connectivity index (χ3n) is 7.60. The van der Waals surface area contributed by atoms with Gasteiger partial charge in [-0.05, 0) is 42.5 Å². The summed E-state index contributed by atoms with van der Waals surface area (Å²) >= 11 is 0. The summed E-state index contributed by atoms with van der Waals surface area (Å²) in [6.45, 7) is 4.04. The summed E-state index contributed by atoms with van der Waals surface area (Å²) in [6, 6.07) is 11.8. The van der Waals surface area contributed by atoms with E-state index in [0.717, 1.165) is 30.9 Å². The van der Waals surface area contributed by atoms with E-state index in [0.29, 0.717) is 38.2 Å². The number of unbranched alkanes of at least 4 members (excludes halogenated alkanes) is 2. The fraction of sp³-hybridized carbons (Fsp3) is 0.533. The van der Waals surface area contributed by atoms with E-state index in [4.69, 9.17) is 4.74 Å². The molecule has 5 atom stereocenters. The first-order valence-electron chi connectivity index (χ1n) is 13.9. The molecule has 0 aliphatic carbocycles. The summed E-state index contributed by atoms with van der Waals surface area (Å²) in [5, 5.41) is 17.5. The number of amides is 2. The Bertz CT molecular complexity index is 1080. The van der Waals surface area contributed by atoms with E-state index in [1.165, 1.54) is 12.1 Å². The van der Waals surface area contributed by atoms with Crippen molar-refractivity contribution < 1.29 is 28.2 Å². The number of carbonyl (C=O) groups excluding carboxylic acids is 2. The number of hydrogen-bond donors (Lipinski definition) is 3. The molecule has 39 heavy (non-hydrogen) atoms. The normalized spacial score (nSPS) is 22.7. The lowest BCUT2D eigenvalue weighted by Crippen LogP contribution is -2.53. The van der Waals surface area contributed by atoms with Gasteiger partial charge in [0.1, 0.15) is 11.6 Å². The van der Waals surface area contributed by atoms with Gasteiger partial charge in [0.2, 0.25) is 11.8 Å². The Morgan fingerprint density at radius 2 is 1.90 bits per heavy atom. The van der Waals surface area contributed by atoms with Crippen molar-refractivity contribution in [1.82, 2.24) is 15.5 Å². The SMILES string of the molecule is CCCCCN1CC(C(=O)N[C@@H](Cc2cc(F)cc(F)c2)[C@H](O)[C@H]2C[C@@H](OCc3ccccc3)CN2)CC1=O. The van der Waals surface area contributed by atoms with Gasteiger partial charge in [-0.1, -0.05) is 50.1 Å². The second-order valence-corrected chi connectivity index (χ2v) is 10.7. The van der Waals surface area contributed by atoms with E-state index in [9.17, 15) is 23.5 Å². The lowest BCUT2D eigenvalue weighted by molar-refractivity contribution is -0.129. The largest absolute Gasteiger partial charge is 0.389 e. The summed E-state index contributed by atoms with van der Waals surface area (Å²) in [7, 11) is 0. The van der Waals surface area contributed by atoms with E-state index < -0.39 is 29.7 Å². The third kappa shape index (κ3) is 8.30. The Balaban J connectivity index is 1.40. The first kappa shape index (κ1) is 29.1. The van der Waals surface area contributed by atoms with Crippen LogP contribution in [0.1, 0.15) is 50.2 Å². The standard InChI is InChI=1S/C30H39F2N3O4/c1-2-3-7-10-35-18-22(14-28(35)36)30(38)34-27(13-21-11-23(31)15-24(32)12-21)29(37)26-16-25(17-33-26)39-19-20-8-5-4-6-9-20/h4-6,8-9,11-12,15,22,25-27,29,33,37H,2-3,7,10,13-14,16-19H2,1H3,(H,34,38)/t22?,25-,26-,27+,29-/m1/s1. The highest BCUT2D eigenvalue weighted by molar-refractivity contribution is 5.89. The average Bonchev–Trinajstić information content (AvgIpc) is 3.54. The highest BCUT2D eigenvalue weighted by Crippen LogP contribution is 2.23. The number of aliphatic hydroxyl groups is 1. The van der Waals surface area contributed by atoms with E-state index in [2.05, 4.69) is 17.6 Å². The van der Waals surface area contributed by atoms with Crippen LogP contribution in [-0.2, 0) is 27.4 Å². The van der Waals surface area contributed by atoms with Crippen molar-refractivity contribution >= 4 is 11.8 Å². The summed E-state index contributed by atoms with van der Waals surface area (Å²) in [4.78, 5) is 27.4. The highest BCUT2D eigenvalue weighted by Gasteiger charge is 2.38. The molecule has 7 nitrogen and oxygen atoms in total. The second kappa shape index (κ2) is 14.0. The maximum atomic E-state index is 13.9. The molecule has 3 N–H and O–H groups in total. The smallest absolute Gasteiger partial charge is 0.225 e. The van der Waals surface area contributed by atoms with Crippen molar-refractivity contribution in [1.29, 1.82) is 0 Å². The third-order valence-corrected chi connectivity index (χ3v) is 7.60. The summed E-state index contributed by atoms with van der Waals surface area (Å²) in [5.74, 6) is -2.36. The lowest BCUT2D eigenvalue weighted by Gasteiger charge is -2.29. The van der Waals surface area contributed by atoms with E-state index >= 15 is 0 Å². The van der Waals surface area contributed by atoms with Gasteiger partial charge in [-0.2, -0.15) is 0 Å². The van der Waals surface area contributed by atoms with Crippen LogP contribution in [0.4, 0.5) is 8.78 Å². The van der Waals surface area contributed by atoms with Gasteiger partial charge in [0.15, 0.2) is 0 Å². The summed E-state index contributed by atoms with van der Waals surface area (Å²) in [6.07, 6.45) is 2.46. The predicted octanol–water partition coefficient (Wildman–Crippen LogP) is 3.34. The number of benzene rings is 2. The van der Waals surface area contributed by atoms with Gasteiger partial charge < -0.3 is 25.4 Å². The average molecular weight is 544 g/mol. The first-order chi connectivity index (χ1) is 18.8. The van der Waals surface area contributed by atoms with Crippen LogP contribution in [0.5, 0.6) is 0 Å². The molecule has 2 fully saturated rings. The van der Waals surface area contributed by atoms with E-state index in [1.807, 2.05) is 30.3 Å². The van der Waals surface area contributed by atoms with Gasteiger partial charge in [0.05, 0.1) is 30.8 Å². The Morgan fingerprint density at radius 3 is 2.62 bits per heavy atom. The van der Waals surface area contributed by atoms with Crippen LogP contribution >= 0.6 is 0 Å². The van der Waals surface area contributed by atoms with Crippen molar-refractivity contribution in [2.24, 2.45) is 5.92 Å². The predicted molar refractivity (Wildman–Crippen MR) is 144 cm³/mol. The van der Waals surface area contributed by atoms with Gasteiger partial charge in [0, 0.05) is 38.2 Å². The van der Waals surface area contributed by atoms with Gasteiger partial charge >= 0.3 is 0 Å². The minimum atomic E-state index is -1.04. The molecule has 0 saturated carbocycles. The Morgan fingerprint density at radius 1 is 1.15 bits per heavy atom. The van der Waals surface area contributed by atoms with Gasteiger partial charge in [0.25, 0.3) is 0 Å². The Hall–Kier alpha value is -2.88. The zero-order valence-electron chi connectivity index (χ0n) is 22.5. The van der Waals surface area contributed by atoms with Crippen molar-refractivity contribution in [2.45, 2.75) is 76.3 Å². The zero-order valence-corrected chi connectivity index (χ0v) is 22.5. The van der Waals surface area contributed by atoms with Gasteiger partial charge in [-0.15, -0.1) is 0 Å². The number of rotatable bonds is 13. The molecule has 1 unspecified atom stereocenters. The fourth-order valence-electron chi connectivity index (χ4n) is 5.45. The first-order valence-corrected chi connectivity index (χ1v) is 13.9. The maximum absolute atomic E-state index is 13.9. The minimum Gasteiger partial charge on any atom is -0.389 e. The number of carbonyl (C=O) groups is 2. The zero-order chi connectivity index (χ0) is 27.8. The quantitative estimate of drug-likeness (QED) is 0.337. The number of nitrogens with zero attached hydrogens (tertiary/aromatic N) is 1. The van der Waals surface area contributed by atoms with Crippen LogP contribution in [-0.4, -0.2) is 65.7 Å². The van der Waals surface area contributed by atoms with Crippen LogP contribution < -0.4 is 10.6 Å². The molecule has 2 aromatic rings. The summed E-state index contributed by atoms with van der Waals surface area (Å²) < 4.78 is 33.9. The molecule has 2 saturated heterocycles. The van der Waals surface area contributed by atoms with E-state index in [1.54, 1.807) is 4.90 Å². The molecule has 2 aromatic carbocycles. The molecule has 2 aliphatic rings. The monoisotopic (exact) mass is 543 g/mol. The number of halogens is 2. The Labute approximate surface area is 228 Å². The van der Waals surface area contributed by atoms with Crippen molar-refractivity contribution in [2.75, 3.05) is 19.6 Å². The van der Waals surface area contributed by atoms with E-state index in [-0.39, 0.29) is 36.8 Å². The van der Waals surface area contributed by atoms with Crippen LogP contribution in [0.15, 0.2) is 48.5 Å². The van der Waals surface area contributed by atoms with Crippen LogP contribution in [0.3, 0.4) is 0 Å². The molecular weight excluding hydrogens is 504 g/mol. The van der Waals surface area contributed by atoms with Gasteiger partial charge in [-0.3, -0.25) is 9.59 Å². The molecule has 2 heterocycles. The molecular formula is C30H39F2N3O4. The maximum Gasteiger partial charge on any atom is 0.225 e. The highest BCUT2D eigenvalue weighted by atomic mass is 19.1. The lowest BCUT2D eigenvalue weighted by atomic mass is 9.94. The number of hydrogen-bond acceptors (Lipinski definition) is 5. The van der Waals surface area contributed by atoms with Crippen LogP contribution in [0.2, 0.25) is 0 Å². The second-order valence-electron chi connectivity index (χ2n) is 10.7. The number of ether oxygens (including phenoxy) is 1. The molecule has 0 bridgehead atoms. The minimum absolute atomic E-state index is 0.0379. The number of nitrogens with one attached hydrogen (secondary N) is 2. The molecule has 0 aromatic heterocycles. The summed E-state index contributed by atoms with van der Waals surface area (Å²) in [5.41, 5.74) is 1.38. The van der Waals surface area contributed by atoms with Crippen LogP contribution in [0.25, 0.3) is 0 Å². The number of aliphatic hydroxyl groups excluding tert-OH is 1. The molecule has 4 rings (SSSR count). The molecule has 0 radical (unpaired) electrons. The molecule has 0 spiro atoms. The topological polar surface area (TPSA) is 90.9 Å². The molecule has 9 heteroatoms. The van der Waals surface area contributed by atoms with Gasteiger partial charge in [-0.25, -0.2) is 8.78 Å². The molecule has 2 amide bonds.